The topological polar surface area (TPSA) is 43.7 Å². The first-order valence-corrected chi connectivity index (χ1v) is 12.8. The lowest BCUT2D eigenvalue weighted by atomic mass is 9.83. The Balaban J connectivity index is 1.95. The molecule has 0 spiro atoms. The molecule has 3 heteroatoms. The zero-order valence-corrected chi connectivity index (χ0v) is 21.4. The van der Waals surface area contributed by atoms with Crippen LogP contribution in [0.1, 0.15) is 51.5 Å². The summed E-state index contributed by atoms with van der Waals surface area (Å²) in [5.74, 6) is 0.485. The van der Waals surface area contributed by atoms with Crippen molar-refractivity contribution in [2.24, 2.45) is 5.92 Å². The summed E-state index contributed by atoms with van der Waals surface area (Å²) in [6.45, 7) is 14.9. The Kier molecular flexibility index (Phi) is 10.1. The van der Waals surface area contributed by atoms with Crippen LogP contribution in [0.4, 0.5) is 0 Å². The summed E-state index contributed by atoms with van der Waals surface area (Å²) in [5.41, 5.74) is 8.10. The summed E-state index contributed by atoms with van der Waals surface area (Å²) in [5, 5.41) is 19.7. The van der Waals surface area contributed by atoms with Crippen LogP contribution < -0.4 is 0 Å². The number of aliphatic hydroxyl groups excluding tert-OH is 2. The van der Waals surface area contributed by atoms with Crippen LogP contribution in [0.25, 0.3) is 5.57 Å². The number of hydrogen-bond donors (Lipinski definition) is 2. The van der Waals surface area contributed by atoms with Gasteiger partial charge in [0, 0.05) is 25.4 Å². The molecule has 1 aromatic rings. The second-order valence-corrected chi connectivity index (χ2v) is 9.52. The Bertz CT molecular complexity index is 1030. The van der Waals surface area contributed by atoms with E-state index in [-0.39, 0.29) is 6.61 Å². The van der Waals surface area contributed by atoms with E-state index in [1.54, 1.807) is 0 Å². The predicted octanol–water partition coefficient (Wildman–Crippen LogP) is 6.76. The van der Waals surface area contributed by atoms with E-state index >= 15 is 0 Å². The van der Waals surface area contributed by atoms with E-state index in [0.29, 0.717) is 18.8 Å². The molecule has 1 aliphatic carbocycles. The molecule has 1 aliphatic heterocycles. The summed E-state index contributed by atoms with van der Waals surface area (Å²) >= 11 is 0. The molecule has 1 heterocycles. The summed E-state index contributed by atoms with van der Waals surface area (Å²) in [4.78, 5) is 2.36. The highest BCUT2D eigenvalue weighted by atomic mass is 16.3. The van der Waals surface area contributed by atoms with Crippen molar-refractivity contribution < 1.29 is 10.2 Å². The molecule has 3 rings (SSSR count). The molecule has 0 aromatic heterocycles. The van der Waals surface area contributed by atoms with E-state index < -0.39 is 6.10 Å². The Morgan fingerprint density at radius 2 is 1.83 bits per heavy atom. The van der Waals surface area contributed by atoms with Crippen molar-refractivity contribution >= 4 is 5.57 Å². The summed E-state index contributed by atoms with van der Waals surface area (Å²) < 4.78 is 0. The molecule has 186 valence electrons. The molecule has 0 radical (unpaired) electrons. The molecular weight excluding hydrogens is 430 g/mol. The molecule has 2 aliphatic rings. The molecule has 0 amide bonds. The second kappa shape index (κ2) is 13.3. The minimum absolute atomic E-state index is 0.151. The van der Waals surface area contributed by atoms with Crippen molar-refractivity contribution in [3.8, 4) is 0 Å². The van der Waals surface area contributed by atoms with Crippen molar-refractivity contribution in [3.63, 3.8) is 0 Å². The lowest BCUT2D eigenvalue weighted by Gasteiger charge is -2.34. The fourth-order valence-electron chi connectivity index (χ4n) is 4.91. The fraction of sp³-hybridized carbons (Fsp3) is 0.375. The van der Waals surface area contributed by atoms with Crippen molar-refractivity contribution in [1.29, 1.82) is 0 Å². The number of likely N-dealkylation sites (tertiary alicyclic amines) is 1. The average molecular weight is 472 g/mol. The van der Waals surface area contributed by atoms with Gasteiger partial charge in [0.15, 0.2) is 0 Å². The van der Waals surface area contributed by atoms with Gasteiger partial charge in [0.1, 0.15) is 0 Å². The van der Waals surface area contributed by atoms with Gasteiger partial charge in [-0.1, -0.05) is 85.5 Å². The molecule has 1 saturated heterocycles. The number of piperidine rings is 1. The Hall–Kier alpha value is -2.88. The third kappa shape index (κ3) is 7.30. The fourth-order valence-corrected chi connectivity index (χ4v) is 4.91. The number of hydrogen-bond acceptors (Lipinski definition) is 3. The molecule has 1 fully saturated rings. The first-order chi connectivity index (χ1) is 16.9. The molecule has 1 unspecified atom stereocenters. The number of allylic oxidation sites excluding steroid dienone is 10. The van der Waals surface area contributed by atoms with Gasteiger partial charge in [0.05, 0.1) is 6.10 Å². The van der Waals surface area contributed by atoms with Gasteiger partial charge in [0.2, 0.25) is 0 Å². The molecule has 0 saturated carbocycles. The Morgan fingerprint density at radius 3 is 2.40 bits per heavy atom. The lowest BCUT2D eigenvalue weighted by Crippen LogP contribution is -2.32. The van der Waals surface area contributed by atoms with Crippen LogP contribution in [-0.4, -0.2) is 40.9 Å². The van der Waals surface area contributed by atoms with Crippen LogP contribution in [0.3, 0.4) is 0 Å². The van der Waals surface area contributed by atoms with Crippen molar-refractivity contribution in [2.45, 2.75) is 52.1 Å². The Morgan fingerprint density at radius 1 is 1.11 bits per heavy atom. The van der Waals surface area contributed by atoms with Gasteiger partial charge in [-0.05, 0) is 79.7 Å². The Labute approximate surface area is 211 Å². The molecule has 1 atom stereocenters. The van der Waals surface area contributed by atoms with Crippen LogP contribution in [0.2, 0.25) is 0 Å². The summed E-state index contributed by atoms with van der Waals surface area (Å²) in [6.07, 6.45) is 16.4. The van der Waals surface area contributed by atoms with Gasteiger partial charge in [-0.25, -0.2) is 0 Å². The van der Waals surface area contributed by atoms with E-state index in [1.165, 1.54) is 11.1 Å². The van der Waals surface area contributed by atoms with Gasteiger partial charge >= 0.3 is 0 Å². The van der Waals surface area contributed by atoms with Crippen LogP contribution in [-0.2, 0) is 0 Å². The van der Waals surface area contributed by atoms with Gasteiger partial charge in [-0.2, -0.15) is 0 Å². The maximum Gasteiger partial charge on any atom is 0.0758 e. The highest BCUT2D eigenvalue weighted by molar-refractivity contribution is 5.80. The quantitative estimate of drug-likeness (QED) is 0.370. The van der Waals surface area contributed by atoms with Crippen molar-refractivity contribution in [3.05, 3.63) is 113 Å². The zero-order valence-electron chi connectivity index (χ0n) is 21.4. The average Bonchev–Trinajstić information content (AvgIpc) is 2.89. The minimum Gasteiger partial charge on any atom is -0.396 e. The second-order valence-electron chi connectivity index (χ2n) is 9.52. The SMILES string of the molecule is C=C(\C=C/C(=C\C)C(/C1=CCC(O)C=C1)=C(/CCCO)c1ccccc1)C1CCN(C(=C)C)CC1. The first-order valence-electron chi connectivity index (χ1n) is 12.8. The van der Waals surface area contributed by atoms with Crippen LogP contribution in [0.15, 0.2) is 108 Å². The van der Waals surface area contributed by atoms with Crippen LogP contribution in [0, 0.1) is 5.92 Å². The third-order valence-corrected chi connectivity index (χ3v) is 7.01. The van der Waals surface area contributed by atoms with Gasteiger partial charge in [-0.3, -0.25) is 0 Å². The smallest absolute Gasteiger partial charge is 0.0758 e. The summed E-state index contributed by atoms with van der Waals surface area (Å²) in [7, 11) is 0. The molecule has 35 heavy (non-hydrogen) atoms. The van der Waals surface area contributed by atoms with E-state index in [4.69, 9.17) is 0 Å². The number of nitrogens with zero attached hydrogens (tertiary/aromatic N) is 1. The number of benzene rings is 1. The summed E-state index contributed by atoms with van der Waals surface area (Å²) in [6, 6.07) is 10.4. The van der Waals surface area contributed by atoms with Gasteiger partial charge in [-0.15, -0.1) is 0 Å². The molecule has 3 nitrogen and oxygen atoms in total. The maximum atomic E-state index is 10.0. The van der Waals surface area contributed by atoms with Crippen molar-refractivity contribution in [2.75, 3.05) is 19.7 Å². The predicted molar refractivity (Wildman–Crippen MR) is 149 cm³/mol. The first kappa shape index (κ1) is 26.7. The largest absolute Gasteiger partial charge is 0.396 e. The van der Waals surface area contributed by atoms with Gasteiger partial charge < -0.3 is 15.1 Å². The molecule has 1 aromatic carbocycles. The van der Waals surface area contributed by atoms with Crippen LogP contribution in [0.5, 0.6) is 0 Å². The van der Waals surface area contributed by atoms with E-state index in [2.05, 4.69) is 80.5 Å². The third-order valence-electron chi connectivity index (χ3n) is 7.01. The standard InChI is InChI=1S/C32H41NO2/c1-5-26(14-13-25(4)27-19-21-33(22-20-27)24(2)3)32(29-15-17-30(35)18-16-29)31(12-9-23-34)28-10-7-6-8-11-28/h5-8,10-11,13-17,27,30,34-35H,2,4,9,12,18-23H2,1,3H3/b14-13-,26-5+,32-31+. The highest BCUT2D eigenvalue weighted by Crippen LogP contribution is 2.36. The molecule has 0 bridgehead atoms. The zero-order chi connectivity index (χ0) is 25.2. The van der Waals surface area contributed by atoms with Crippen LogP contribution >= 0.6 is 0 Å². The molecular formula is C32H41NO2. The van der Waals surface area contributed by atoms with E-state index in [9.17, 15) is 10.2 Å². The van der Waals surface area contributed by atoms with Crippen molar-refractivity contribution in [1.82, 2.24) is 4.90 Å². The number of aliphatic hydroxyl groups is 2. The van der Waals surface area contributed by atoms with E-state index in [1.807, 2.05) is 18.2 Å². The normalized spacial score (nSPS) is 20.1. The van der Waals surface area contributed by atoms with Gasteiger partial charge in [0.25, 0.3) is 0 Å². The monoisotopic (exact) mass is 471 g/mol. The van der Waals surface area contributed by atoms with E-state index in [0.717, 1.165) is 60.3 Å². The maximum absolute atomic E-state index is 10.0. The highest BCUT2D eigenvalue weighted by Gasteiger charge is 2.21. The lowest BCUT2D eigenvalue weighted by molar-refractivity contribution is 0.225. The minimum atomic E-state index is -0.438. The number of rotatable bonds is 10. The molecule has 2 N–H and O–H groups in total.